The first-order valence-corrected chi connectivity index (χ1v) is 8.53. The van der Waals surface area contributed by atoms with E-state index in [0.717, 1.165) is 16.9 Å². The van der Waals surface area contributed by atoms with Crippen LogP contribution in [0.5, 0.6) is 5.75 Å². The molecule has 27 heavy (non-hydrogen) atoms. The van der Waals surface area contributed by atoms with Gasteiger partial charge in [-0.25, -0.2) is 0 Å². The van der Waals surface area contributed by atoms with Gasteiger partial charge < -0.3 is 14.2 Å². The molecule has 0 radical (unpaired) electrons. The van der Waals surface area contributed by atoms with E-state index >= 15 is 0 Å². The van der Waals surface area contributed by atoms with E-state index in [-0.39, 0.29) is 12.5 Å². The number of allylic oxidation sites excluding steroid dienone is 1. The van der Waals surface area contributed by atoms with Crippen LogP contribution in [-0.4, -0.2) is 35.1 Å². The van der Waals surface area contributed by atoms with Crippen molar-refractivity contribution >= 4 is 5.91 Å². The maximum Gasteiger partial charge on any atom is 0.254 e. The van der Waals surface area contributed by atoms with Gasteiger partial charge in [0, 0.05) is 18.2 Å². The Kier molecular flexibility index (Phi) is 5.66. The van der Waals surface area contributed by atoms with E-state index in [2.05, 4.69) is 16.7 Å². The Morgan fingerprint density at radius 1 is 1.26 bits per heavy atom. The fraction of sp³-hybridized carbons (Fsp3) is 0.190. The highest BCUT2D eigenvalue weighted by molar-refractivity contribution is 5.94. The lowest BCUT2D eigenvalue weighted by atomic mass is 10.1. The molecule has 2 aromatic carbocycles. The number of aromatic nitrogens is 2. The summed E-state index contributed by atoms with van der Waals surface area (Å²) in [5.41, 5.74) is 2.35. The molecule has 138 valence electrons. The summed E-state index contributed by atoms with van der Waals surface area (Å²) in [6, 6.07) is 14.9. The average Bonchev–Trinajstić information content (AvgIpc) is 3.16. The lowest BCUT2D eigenvalue weighted by molar-refractivity contribution is 0.0769. The summed E-state index contributed by atoms with van der Waals surface area (Å²) in [5, 5.41) is 3.98. The number of amides is 1. The summed E-state index contributed by atoms with van der Waals surface area (Å²) in [5.74, 6) is 1.48. The minimum Gasteiger partial charge on any atom is -0.496 e. The molecule has 6 nitrogen and oxygen atoms in total. The zero-order valence-electron chi connectivity index (χ0n) is 15.4. The molecule has 0 N–H and O–H groups in total. The van der Waals surface area contributed by atoms with Crippen LogP contribution in [0.4, 0.5) is 0 Å². The largest absolute Gasteiger partial charge is 0.496 e. The quantitative estimate of drug-likeness (QED) is 0.598. The third-order valence-corrected chi connectivity index (χ3v) is 4.11. The highest BCUT2D eigenvalue weighted by Gasteiger charge is 2.17. The minimum absolute atomic E-state index is 0.137. The van der Waals surface area contributed by atoms with Crippen molar-refractivity contribution < 1.29 is 14.1 Å². The molecule has 0 saturated carbocycles. The second-order valence-electron chi connectivity index (χ2n) is 6.06. The fourth-order valence-electron chi connectivity index (χ4n) is 2.75. The van der Waals surface area contributed by atoms with Crippen molar-refractivity contribution in [2.24, 2.45) is 0 Å². The molecule has 0 saturated heterocycles. The Balaban J connectivity index is 1.74. The second-order valence-corrected chi connectivity index (χ2v) is 6.06. The fourth-order valence-corrected chi connectivity index (χ4v) is 2.75. The lowest BCUT2D eigenvalue weighted by Gasteiger charge is -2.16. The van der Waals surface area contributed by atoms with E-state index in [1.165, 1.54) is 0 Å². The molecule has 0 aliphatic carbocycles. The molecule has 0 spiro atoms. The van der Waals surface area contributed by atoms with Crippen LogP contribution in [0.3, 0.4) is 0 Å². The van der Waals surface area contributed by atoms with Gasteiger partial charge in [-0.15, -0.1) is 6.58 Å². The van der Waals surface area contributed by atoms with Crippen molar-refractivity contribution in [2.75, 3.05) is 14.2 Å². The molecular weight excluding hydrogens is 342 g/mol. The van der Waals surface area contributed by atoms with E-state index in [4.69, 9.17) is 9.26 Å². The van der Waals surface area contributed by atoms with Crippen molar-refractivity contribution in [3.63, 3.8) is 0 Å². The van der Waals surface area contributed by atoms with Gasteiger partial charge in [-0.1, -0.05) is 41.6 Å². The van der Waals surface area contributed by atoms with Gasteiger partial charge in [-0.05, 0) is 30.2 Å². The summed E-state index contributed by atoms with van der Waals surface area (Å²) in [4.78, 5) is 18.7. The number of hydrogen-bond acceptors (Lipinski definition) is 5. The smallest absolute Gasteiger partial charge is 0.254 e. The molecule has 3 rings (SSSR count). The number of hydrogen-bond donors (Lipinski definition) is 0. The third-order valence-electron chi connectivity index (χ3n) is 4.11. The molecule has 0 aliphatic rings. The summed E-state index contributed by atoms with van der Waals surface area (Å²) < 4.78 is 10.6. The van der Waals surface area contributed by atoms with Crippen LogP contribution in [0.1, 0.15) is 21.8 Å². The van der Waals surface area contributed by atoms with Gasteiger partial charge in [0.15, 0.2) is 0 Å². The predicted octanol–water partition coefficient (Wildman–Crippen LogP) is 3.75. The summed E-state index contributed by atoms with van der Waals surface area (Å²) in [6.07, 6.45) is 2.40. The minimum atomic E-state index is -0.137. The first-order chi connectivity index (χ1) is 13.1. The van der Waals surface area contributed by atoms with Gasteiger partial charge in [-0.3, -0.25) is 4.79 Å². The Bertz CT molecular complexity index is 935. The van der Waals surface area contributed by atoms with Crippen LogP contribution in [0.15, 0.2) is 65.7 Å². The van der Waals surface area contributed by atoms with Crippen molar-refractivity contribution in [3.8, 4) is 17.1 Å². The normalized spacial score (nSPS) is 10.4. The summed E-state index contributed by atoms with van der Waals surface area (Å²) in [6.45, 7) is 3.97. The Labute approximate surface area is 158 Å². The van der Waals surface area contributed by atoms with Gasteiger partial charge >= 0.3 is 0 Å². The van der Waals surface area contributed by atoms with Crippen LogP contribution in [0.2, 0.25) is 0 Å². The highest BCUT2D eigenvalue weighted by Crippen LogP contribution is 2.22. The van der Waals surface area contributed by atoms with Crippen LogP contribution >= 0.6 is 0 Å². The van der Waals surface area contributed by atoms with E-state index in [9.17, 15) is 4.79 Å². The molecular formula is C21H21N3O3. The van der Waals surface area contributed by atoms with Gasteiger partial charge in [0.1, 0.15) is 5.75 Å². The number of carbonyl (C=O) groups excluding carboxylic acids is 1. The number of rotatable bonds is 7. The highest BCUT2D eigenvalue weighted by atomic mass is 16.5. The molecule has 0 aliphatic heterocycles. The third kappa shape index (κ3) is 4.23. The van der Waals surface area contributed by atoms with Gasteiger partial charge in [0.05, 0.1) is 13.7 Å². The number of nitrogens with zero attached hydrogens (tertiary/aromatic N) is 3. The molecule has 1 aromatic heterocycles. The molecule has 3 aromatic rings. The van der Waals surface area contributed by atoms with E-state index in [0.29, 0.717) is 23.7 Å². The van der Waals surface area contributed by atoms with E-state index in [1.807, 2.05) is 36.4 Å². The van der Waals surface area contributed by atoms with E-state index < -0.39 is 0 Å². The first kappa shape index (κ1) is 18.4. The van der Waals surface area contributed by atoms with Crippen LogP contribution in [0.25, 0.3) is 11.4 Å². The zero-order valence-corrected chi connectivity index (χ0v) is 15.4. The number of ether oxygens (including phenoxy) is 1. The van der Waals surface area contributed by atoms with Crippen molar-refractivity contribution in [1.29, 1.82) is 0 Å². The second kappa shape index (κ2) is 8.31. The van der Waals surface area contributed by atoms with Crippen LogP contribution in [-0.2, 0) is 13.0 Å². The first-order valence-electron chi connectivity index (χ1n) is 8.53. The Morgan fingerprint density at radius 3 is 2.74 bits per heavy atom. The van der Waals surface area contributed by atoms with Gasteiger partial charge in [0.25, 0.3) is 5.91 Å². The summed E-state index contributed by atoms with van der Waals surface area (Å²) >= 11 is 0. The topological polar surface area (TPSA) is 68.5 Å². The lowest BCUT2D eigenvalue weighted by Crippen LogP contribution is -2.26. The zero-order chi connectivity index (χ0) is 19.2. The van der Waals surface area contributed by atoms with Crippen LogP contribution < -0.4 is 4.74 Å². The number of methoxy groups -OCH3 is 1. The SMILES string of the molecule is C=CCc1cc(C(=O)N(C)Cc2nc(-c3ccccc3)no2)ccc1OC. The van der Waals surface area contributed by atoms with Crippen molar-refractivity contribution in [3.05, 3.63) is 78.2 Å². The van der Waals surface area contributed by atoms with Crippen molar-refractivity contribution in [2.45, 2.75) is 13.0 Å². The molecule has 0 fully saturated rings. The molecule has 1 amide bonds. The maximum atomic E-state index is 12.8. The molecule has 6 heteroatoms. The summed E-state index contributed by atoms with van der Waals surface area (Å²) in [7, 11) is 3.31. The number of benzene rings is 2. The van der Waals surface area contributed by atoms with Gasteiger partial charge in [0.2, 0.25) is 11.7 Å². The molecule has 0 bridgehead atoms. The monoisotopic (exact) mass is 363 g/mol. The molecule has 1 heterocycles. The molecule has 0 unspecified atom stereocenters. The van der Waals surface area contributed by atoms with E-state index in [1.54, 1.807) is 37.3 Å². The van der Waals surface area contributed by atoms with Gasteiger partial charge in [-0.2, -0.15) is 4.98 Å². The number of carbonyl (C=O) groups is 1. The average molecular weight is 363 g/mol. The van der Waals surface area contributed by atoms with Crippen LogP contribution in [0, 0.1) is 0 Å². The van der Waals surface area contributed by atoms with Crippen molar-refractivity contribution in [1.82, 2.24) is 15.0 Å². The standard InChI is InChI=1S/C21H21N3O3/c1-4-8-16-13-17(11-12-18(16)26-3)21(25)24(2)14-19-22-20(23-27-19)15-9-6-5-7-10-15/h4-7,9-13H,1,8,14H2,2-3H3. The Hall–Kier alpha value is -3.41. The maximum absolute atomic E-state index is 12.8. The predicted molar refractivity (Wildman–Crippen MR) is 102 cm³/mol. The molecule has 0 atom stereocenters. The Morgan fingerprint density at radius 2 is 2.04 bits per heavy atom.